The summed E-state index contributed by atoms with van der Waals surface area (Å²) in [5, 5.41) is 12.7. The van der Waals surface area contributed by atoms with E-state index in [9.17, 15) is 0 Å². The van der Waals surface area contributed by atoms with Crippen LogP contribution in [-0.4, -0.2) is 62.6 Å². The SMILES string of the molecule is CCNC(=NCCCc1nnc2ccccn12)N1CCSC(C(C)C)C1.I. The van der Waals surface area contributed by atoms with Crippen LogP contribution in [0.1, 0.15) is 33.0 Å². The Hall–Kier alpha value is -1.03. The highest BCUT2D eigenvalue weighted by Gasteiger charge is 2.24. The van der Waals surface area contributed by atoms with Crippen LogP contribution in [0.25, 0.3) is 5.65 Å². The molecule has 0 bridgehead atoms. The van der Waals surface area contributed by atoms with Crippen LogP contribution in [0, 0.1) is 5.92 Å². The molecule has 150 valence electrons. The second-order valence-corrected chi connectivity index (χ2v) is 8.33. The molecule has 0 amide bonds. The van der Waals surface area contributed by atoms with E-state index in [-0.39, 0.29) is 24.0 Å². The minimum absolute atomic E-state index is 0. The molecule has 3 rings (SSSR count). The number of aryl methyl sites for hydroxylation is 1. The smallest absolute Gasteiger partial charge is 0.193 e. The highest BCUT2D eigenvalue weighted by atomic mass is 127. The van der Waals surface area contributed by atoms with Crippen molar-refractivity contribution in [3.8, 4) is 0 Å². The van der Waals surface area contributed by atoms with E-state index in [2.05, 4.69) is 57.3 Å². The lowest BCUT2D eigenvalue weighted by Crippen LogP contribution is -2.49. The maximum absolute atomic E-state index is 4.88. The number of pyridine rings is 1. The monoisotopic (exact) mass is 502 g/mol. The molecule has 0 spiro atoms. The second-order valence-electron chi connectivity index (χ2n) is 6.98. The number of hydrogen-bond donors (Lipinski definition) is 1. The van der Waals surface area contributed by atoms with Crippen molar-refractivity contribution in [3.05, 3.63) is 30.2 Å². The molecule has 0 saturated carbocycles. The molecule has 2 aromatic heterocycles. The summed E-state index contributed by atoms with van der Waals surface area (Å²) in [7, 11) is 0. The van der Waals surface area contributed by atoms with Crippen molar-refractivity contribution >= 4 is 47.3 Å². The molecule has 1 N–H and O–H groups in total. The standard InChI is InChI=1S/C19H30N6S.HI/c1-4-20-19(24-12-13-26-16(14-24)15(2)3)21-10-7-9-18-23-22-17-8-5-6-11-25(17)18;/h5-6,8,11,15-16H,4,7,9-10,12-14H2,1-3H3,(H,20,21);1H. The fourth-order valence-electron chi connectivity index (χ4n) is 3.18. The summed E-state index contributed by atoms with van der Waals surface area (Å²) in [6.07, 6.45) is 3.88. The van der Waals surface area contributed by atoms with E-state index in [1.165, 1.54) is 5.75 Å². The molecular formula is C19H31IN6S. The Balaban J connectivity index is 0.00000261. The Morgan fingerprint density at radius 1 is 1.37 bits per heavy atom. The van der Waals surface area contributed by atoms with Gasteiger partial charge in [0.1, 0.15) is 5.82 Å². The number of fused-ring (bicyclic) bond motifs is 1. The van der Waals surface area contributed by atoms with Crippen molar-refractivity contribution in [1.82, 2.24) is 24.8 Å². The number of aliphatic imine (C=N–C) groups is 1. The fraction of sp³-hybridized carbons (Fsp3) is 0.632. The predicted molar refractivity (Wildman–Crippen MR) is 125 cm³/mol. The average Bonchev–Trinajstić information content (AvgIpc) is 3.07. The minimum atomic E-state index is 0. The topological polar surface area (TPSA) is 57.8 Å². The van der Waals surface area contributed by atoms with E-state index >= 15 is 0 Å². The van der Waals surface area contributed by atoms with E-state index in [0.29, 0.717) is 11.2 Å². The summed E-state index contributed by atoms with van der Waals surface area (Å²) in [5.41, 5.74) is 0.907. The first-order valence-electron chi connectivity index (χ1n) is 9.62. The summed E-state index contributed by atoms with van der Waals surface area (Å²) in [6, 6.07) is 5.99. The van der Waals surface area contributed by atoms with Gasteiger partial charge in [0.05, 0.1) is 0 Å². The Kier molecular flexibility index (Phi) is 9.14. The van der Waals surface area contributed by atoms with Gasteiger partial charge in [-0.15, -0.1) is 34.2 Å². The number of rotatable bonds is 6. The highest BCUT2D eigenvalue weighted by Crippen LogP contribution is 2.24. The number of aromatic nitrogens is 3. The molecule has 6 nitrogen and oxygen atoms in total. The van der Waals surface area contributed by atoms with Crippen molar-refractivity contribution in [2.75, 3.05) is 31.9 Å². The Labute approximate surface area is 183 Å². The lowest BCUT2D eigenvalue weighted by molar-refractivity contribution is 0.381. The third-order valence-electron chi connectivity index (χ3n) is 4.68. The van der Waals surface area contributed by atoms with Gasteiger partial charge in [0.2, 0.25) is 0 Å². The molecule has 27 heavy (non-hydrogen) atoms. The van der Waals surface area contributed by atoms with Gasteiger partial charge >= 0.3 is 0 Å². The maximum atomic E-state index is 4.88. The van der Waals surface area contributed by atoms with Gasteiger partial charge in [0.25, 0.3) is 0 Å². The lowest BCUT2D eigenvalue weighted by atomic mass is 10.1. The van der Waals surface area contributed by atoms with E-state index in [0.717, 1.165) is 56.5 Å². The zero-order valence-electron chi connectivity index (χ0n) is 16.5. The molecule has 1 saturated heterocycles. The van der Waals surface area contributed by atoms with Crippen LogP contribution in [0.5, 0.6) is 0 Å². The average molecular weight is 502 g/mol. The minimum Gasteiger partial charge on any atom is -0.357 e. The van der Waals surface area contributed by atoms with Gasteiger partial charge in [-0.25, -0.2) is 0 Å². The Morgan fingerprint density at radius 2 is 2.22 bits per heavy atom. The summed E-state index contributed by atoms with van der Waals surface area (Å²) in [5.74, 6) is 3.95. The number of nitrogens with one attached hydrogen (secondary N) is 1. The molecular weight excluding hydrogens is 471 g/mol. The van der Waals surface area contributed by atoms with Crippen LogP contribution in [0.2, 0.25) is 0 Å². The zero-order chi connectivity index (χ0) is 18.4. The molecule has 0 radical (unpaired) electrons. The number of guanidine groups is 1. The van der Waals surface area contributed by atoms with Crippen molar-refractivity contribution in [1.29, 1.82) is 0 Å². The van der Waals surface area contributed by atoms with Gasteiger partial charge in [0, 0.05) is 49.8 Å². The molecule has 1 atom stereocenters. The zero-order valence-corrected chi connectivity index (χ0v) is 19.6. The molecule has 0 aliphatic carbocycles. The largest absolute Gasteiger partial charge is 0.357 e. The summed E-state index contributed by atoms with van der Waals surface area (Å²) < 4.78 is 2.06. The number of halogens is 1. The molecule has 1 aliphatic heterocycles. The number of hydrogen-bond acceptors (Lipinski definition) is 4. The quantitative estimate of drug-likeness (QED) is 0.284. The normalized spacial score (nSPS) is 18.0. The molecule has 2 aromatic rings. The second kappa shape index (κ2) is 11.1. The van der Waals surface area contributed by atoms with Crippen molar-refractivity contribution in [3.63, 3.8) is 0 Å². The predicted octanol–water partition coefficient (Wildman–Crippen LogP) is 3.32. The van der Waals surface area contributed by atoms with Gasteiger partial charge in [-0.2, -0.15) is 11.8 Å². The van der Waals surface area contributed by atoms with E-state index < -0.39 is 0 Å². The van der Waals surface area contributed by atoms with Crippen molar-refractivity contribution < 1.29 is 0 Å². The van der Waals surface area contributed by atoms with E-state index in [1.807, 2.05) is 24.4 Å². The molecule has 1 aliphatic rings. The van der Waals surface area contributed by atoms with Crippen LogP contribution < -0.4 is 5.32 Å². The summed E-state index contributed by atoms with van der Waals surface area (Å²) in [4.78, 5) is 7.30. The summed E-state index contributed by atoms with van der Waals surface area (Å²) >= 11 is 2.10. The van der Waals surface area contributed by atoms with E-state index in [4.69, 9.17) is 4.99 Å². The van der Waals surface area contributed by atoms with Crippen LogP contribution in [0.4, 0.5) is 0 Å². The third kappa shape index (κ3) is 5.97. The molecule has 3 heterocycles. The van der Waals surface area contributed by atoms with Crippen molar-refractivity contribution in [2.24, 2.45) is 10.9 Å². The molecule has 1 fully saturated rings. The number of thioether (sulfide) groups is 1. The fourth-order valence-corrected chi connectivity index (χ4v) is 4.48. The summed E-state index contributed by atoms with van der Waals surface area (Å²) in [6.45, 7) is 10.6. The molecule has 8 heteroatoms. The number of nitrogens with zero attached hydrogens (tertiary/aromatic N) is 5. The molecule has 0 aromatic carbocycles. The van der Waals surface area contributed by atoms with Gasteiger partial charge in [-0.3, -0.25) is 9.39 Å². The van der Waals surface area contributed by atoms with Crippen LogP contribution >= 0.6 is 35.7 Å². The van der Waals surface area contributed by atoms with Gasteiger partial charge in [-0.05, 0) is 31.4 Å². The third-order valence-corrected chi connectivity index (χ3v) is 6.22. The maximum Gasteiger partial charge on any atom is 0.193 e. The molecule has 1 unspecified atom stereocenters. The van der Waals surface area contributed by atoms with Crippen molar-refractivity contribution in [2.45, 2.75) is 38.9 Å². The van der Waals surface area contributed by atoms with Gasteiger partial charge in [0.15, 0.2) is 11.6 Å². The van der Waals surface area contributed by atoms with E-state index in [1.54, 1.807) is 0 Å². The van der Waals surface area contributed by atoms with Crippen LogP contribution in [0.15, 0.2) is 29.4 Å². The highest BCUT2D eigenvalue weighted by molar-refractivity contribution is 14.0. The Morgan fingerprint density at radius 3 is 3.00 bits per heavy atom. The van der Waals surface area contributed by atoms with Gasteiger partial charge in [-0.1, -0.05) is 19.9 Å². The van der Waals surface area contributed by atoms with Crippen LogP contribution in [-0.2, 0) is 6.42 Å². The van der Waals surface area contributed by atoms with Gasteiger partial charge < -0.3 is 10.2 Å². The Bertz CT molecular complexity index is 732. The van der Waals surface area contributed by atoms with Crippen LogP contribution in [0.3, 0.4) is 0 Å². The lowest BCUT2D eigenvalue weighted by Gasteiger charge is -2.36. The first kappa shape index (κ1) is 22.3. The first-order valence-corrected chi connectivity index (χ1v) is 10.7. The first-order chi connectivity index (χ1) is 12.7.